The zero-order valence-corrected chi connectivity index (χ0v) is 15.4. The Balaban J connectivity index is 0.000000216. The number of hydrogen-bond donors (Lipinski definition) is 3. The quantitative estimate of drug-likeness (QED) is 0.454. The van der Waals surface area contributed by atoms with Crippen molar-refractivity contribution in [3.05, 3.63) is 31.3 Å². The molecule has 1 saturated heterocycles. The van der Waals surface area contributed by atoms with E-state index in [0.29, 0.717) is 11.2 Å². The first-order chi connectivity index (χ1) is 9.16. The molecule has 6 nitrogen and oxygen atoms in total. The van der Waals surface area contributed by atoms with Gasteiger partial charge in [0.1, 0.15) is 0 Å². The molecule has 1 aliphatic rings. The minimum atomic E-state index is 0. The van der Waals surface area contributed by atoms with Crippen molar-refractivity contribution in [1.29, 1.82) is 0 Å². The number of nitrogens with zero attached hydrogens (tertiary/aromatic N) is 3. The van der Waals surface area contributed by atoms with Crippen LogP contribution in [-0.4, -0.2) is 41.0 Å². The van der Waals surface area contributed by atoms with Crippen LogP contribution in [0.3, 0.4) is 0 Å². The molecule has 0 radical (unpaired) electrons. The third-order valence-electron chi connectivity index (χ3n) is 2.77. The molecular formula is C13H18N6U. The predicted octanol–water partition coefficient (Wildman–Crippen LogP) is 0.278. The molecule has 20 heavy (non-hydrogen) atoms. The molecule has 0 saturated carbocycles. The van der Waals surface area contributed by atoms with E-state index in [9.17, 15) is 0 Å². The molecular weight excluding hydrogens is 478 g/mol. The summed E-state index contributed by atoms with van der Waals surface area (Å²) in [7, 11) is 3.79. The van der Waals surface area contributed by atoms with Crippen molar-refractivity contribution < 1.29 is 31.1 Å². The summed E-state index contributed by atoms with van der Waals surface area (Å²) in [6.45, 7) is 4.40. The second-order valence-corrected chi connectivity index (χ2v) is 4.27. The first-order valence-corrected chi connectivity index (χ1v) is 6.12. The minimum absolute atomic E-state index is 0. The van der Waals surface area contributed by atoms with E-state index in [1.807, 2.05) is 12.1 Å². The molecule has 1 aromatic carbocycles. The van der Waals surface area contributed by atoms with E-state index in [-0.39, 0.29) is 37.1 Å². The number of hydrogen-bond acceptors (Lipinski definition) is 6. The third kappa shape index (κ3) is 4.91. The molecule has 1 fully saturated rings. The van der Waals surface area contributed by atoms with Crippen molar-refractivity contribution in [3.63, 3.8) is 0 Å². The number of piperazine rings is 1. The van der Waals surface area contributed by atoms with E-state index in [1.54, 1.807) is 6.07 Å². The van der Waals surface area contributed by atoms with E-state index in [2.05, 4.69) is 33.3 Å². The SMILES string of the molecule is Nc1nc(N)c2[c-]cccc2n1.[CH2-]N1CCNCC1.[U+2]. The average Bonchev–Trinajstić information content (AvgIpc) is 2.40. The Morgan fingerprint density at radius 2 is 1.95 bits per heavy atom. The smallest absolute Gasteiger partial charge is 0.457 e. The van der Waals surface area contributed by atoms with Gasteiger partial charge in [-0.15, -0.1) is 24.3 Å². The van der Waals surface area contributed by atoms with Crippen molar-refractivity contribution >= 4 is 22.7 Å². The monoisotopic (exact) mass is 496 g/mol. The largest absolute Gasteiger partial charge is 2.00 e. The molecule has 5 N–H and O–H groups in total. The maximum Gasteiger partial charge on any atom is 2.00 e. The summed E-state index contributed by atoms with van der Waals surface area (Å²) in [6, 6.07) is 8.35. The number of benzene rings is 1. The van der Waals surface area contributed by atoms with Gasteiger partial charge in [0.2, 0.25) is 5.95 Å². The summed E-state index contributed by atoms with van der Waals surface area (Å²) in [5, 5.41) is 3.95. The fourth-order valence-electron chi connectivity index (χ4n) is 1.77. The molecule has 2 aromatic rings. The number of anilines is 2. The number of rotatable bonds is 0. The Labute approximate surface area is 142 Å². The average molecular weight is 496 g/mol. The van der Waals surface area contributed by atoms with Gasteiger partial charge in [0.05, 0.1) is 5.82 Å². The molecule has 1 aliphatic heterocycles. The van der Waals surface area contributed by atoms with Gasteiger partial charge < -0.3 is 21.7 Å². The van der Waals surface area contributed by atoms with Crippen LogP contribution in [0.5, 0.6) is 0 Å². The van der Waals surface area contributed by atoms with Gasteiger partial charge in [0, 0.05) is 13.1 Å². The maximum atomic E-state index is 5.59. The Bertz CT molecular complexity index is 541. The van der Waals surface area contributed by atoms with Crippen LogP contribution >= 0.6 is 0 Å². The van der Waals surface area contributed by atoms with Crippen molar-refractivity contribution in [2.45, 2.75) is 0 Å². The summed E-state index contributed by atoms with van der Waals surface area (Å²) in [6.07, 6.45) is 0. The van der Waals surface area contributed by atoms with E-state index in [4.69, 9.17) is 11.5 Å². The molecule has 0 spiro atoms. The number of fused-ring (bicyclic) bond motifs is 1. The van der Waals surface area contributed by atoms with Gasteiger partial charge in [0.15, 0.2) is 0 Å². The van der Waals surface area contributed by atoms with E-state index >= 15 is 0 Å². The summed E-state index contributed by atoms with van der Waals surface area (Å²) >= 11 is 0. The molecule has 104 valence electrons. The Kier molecular flexibility index (Phi) is 7.24. The molecule has 0 atom stereocenters. The van der Waals surface area contributed by atoms with E-state index < -0.39 is 0 Å². The van der Waals surface area contributed by atoms with E-state index in [1.165, 1.54) is 0 Å². The minimum Gasteiger partial charge on any atom is -0.457 e. The van der Waals surface area contributed by atoms with Gasteiger partial charge in [0.25, 0.3) is 0 Å². The second kappa shape index (κ2) is 8.43. The topological polar surface area (TPSA) is 93.1 Å². The van der Waals surface area contributed by atoms with Crippen LogP contribution in [0.25, 0.3) is 10.9 Å². The van der Waals surface area contributed by atoms with Crippen LogP contribution in [0.1, 0.15) is 0 Å². The van der Waals surface area contributed by atoms with Gasteiger partial charge in [-0.3, -0.25) is 12.0 Å². The molecule has 7 heteroatoms. The fraction of sp³-hybridized carbons (Fsp3) is 0.308. The van der Waals surface area contributed by atoms with Crippen LogP contribution in [0, 0.1) is 44.2 Å². The van der Waals surface area contributed by atoms with Gasteiger partial charge >= 0.3 is 31.1 Å². The van der Waals surface area contributed by atoms with Crippen molar-refractivity contribution in [3.8, 4) is 0 Å². The normalized spacial score (nSPS) is 15.1. The molecule has 1 aromatic heterocycles. The third-order valence-corrected chi connectivity index (χ3v) is 2.77. The van der Waals surface area contributed by atoms with Gasteiger partial charge in [-0.1, -0.05) is 5.39 Å². The Morgan fingerprint density at radius 1 is 1.25 bits per heavy atom. The standard InChI is InChI=1S/C8H7N4.C5H11N2.U/c9-7-5-3-1-2-4-6(5)11-8(10)12-7;1-7-4-2-6-3-5-7;/h1-2,4H,(H4,9,10,11,12);6H,1-5H2;/q2*-1;+2. The number of nitrogens with two attached hydrogens (primary N) is 2. The van der Waals surface area contributed by atoms with Crippen LogP contribution < -0.4 is 16.8 Å². The predicted molar refractivity (Wildman–Crippen MR) is 77.0 cm³/mol. The number of nitrogen functional groups attached to an aromatic ring is 2. The Hall–Kier alpha value is -0.868. The zero-order valence-electron chi connectivity index (χ0n) is 11.3. The Morgan fingerprint density at radius 3 is 2.55 bits per heavy atom. The summed E-state index contributed by atoms with van der Waals surface area (Å²) < 4.78 is 0. The van der Waals surface area contributed by atoms with Crippen LogP contribution in [0.15, 0.2) is 18.2 Å². The number of aromatic nitrogens is 2. The van der Waals surface area contributed by atoms with Crippen LogP contribution in [0.4, 0.5) is 11.8 Å². The molecule has 0 bridgehead atoms. The van der Waals surface area contributed by atoms with Crippen molar-refractivity contribution in [2.75, 3.05) is 37.6 Å². The molecule has 3 rings (SSSR count). The first-order valence-electron chi connectivity index (χ1n) is 6.12. The maximum absolute atomic E-state index is 5.59. The number of nitrogens with one attached hydrogen (secondary N) is 1. The second-order valence-electron chi connectivity index (χ2n) is 4.27. The zero-order chi connectivity index (χ0) is 13.7. The molecule has 0 unspecified atom stereocenters. The van der Waals surface area contributed by atoms with Gasteiger partial charge in [-0.2, -0.15) is 0 Å². The summed E-state index contributed by atoms with van der Waals surface area (Å²) in [4.78, 5) is 9.89. The van der Waals surface area contributed by atoms with Gasteiger partial charge in [-0.25, -0.2) is 4.98 Å². The van der Waals surface area contributed by atoms with Gasteiger partial charge in [-0.05, 0) is 18.6 Å². The van der Waals surface area contributed by atoms with Crippen LogP contribution in [0.2, 0.25) is 0 Å². The first kappa shape index (κ1) is 17.2. The molecule has 0 amide bonds. The van der Waals surface area contributed by atoms with Crippen molar-refractivity contribution in [2.24, 2.45) is 0 Å². The fourth-order valence-corrected chi connectivity index (χ4v) is 1.77. The molecule has 0 aliphatic carbocycles. The summed E-state index contributed by atoms with van der Waals surface area (Å²) in [5.41, 5.74) is 11.7. The van der Waals surface area contributed by atoms with Crippen LogP contribution in [-0.2, 0) is 0 Å². The van der Waals surface area contributed by atoms with Crippen molar-refractivity contribution in [1.82, 2.24) is 20.2 Å². The van der Waals surface area contributed by atoms with E-state index in [0.717, 1.165) is 31.7 Å². The summed E-state index contributed by atoms with van der Waals surface area (Å²) in [5.74, 6) is 0.567. The molecule has 2 heterocycles.